The molecule has 0 aliphatic rings. The zero-order valence-electron chi connectivity index (χ0n) is 33.6. The fourth-order valence-corrected chi connectivity index (χ4v) is 6.68. The van der Waals surface area contributed by atoms with Crippen molar-refractivity contribution in [1.82, 2.24) is 0 Å². The summed E-state index contributed by atoms with van der Waals surface area (Å²) in [6, 6.07) is 0. The summed E-state index contributed by atoms with van der Waals surface area (Å²) in [5.41, 5.74) is 3.55. The molecule has 0 aliphatic carbocycles. The lowest BCUT2D eigenvalue weighted by molar-refractivity contribution is -0.373. The zero-order chi connectivity index (χ0) is 38.2. The number of quaternary nitrogens is 1. The van der Waals surface area contributed by atoms with Gasteiger partial charge in [0.05, 0.1) is 13.2 Å². The molecule has 0 rings (SSSR count). The summed E-state index contributed by atoms with van der Waals surface area (Å²) < 4.78 is 32.5. The van der Waals surface area contributed by atoms with Gasteiger partial charge in [0.1, 0.15) is 13.2 Å². The van der Waals surface area contributed by atoms with Crippen LogP contribution in [0.5, 0.6) is 0 Å². The third kappa shape index (κ3) is 38.2. The summed E-state index contributed by atoms with van der Waals surface area (Å²) in [4.78, 5) is 37.0. The quantitative estimate of drug-likeness (QED) is 0.0282. The van der Waals surface area contributed by atoms with Crippen LogP contribution in [0.2, 0.25) is 0 Å². The Balaban J connectivity index is 4.17. The van der Waals surface area contributed by atoms with Gasteiger partial charge in [-0.15, -0.1) is 0 Å². The van der Waals surface area contributed by atoms with Crippen LogP contribution in [0.25, 0.3) is 0 Å². The van der Waals surface area contributed by atoms with Gasteiger partial charge in [0.25, 0.3) is 7.82 Å². The first-order valence-electron chi connectivity index (χ1n) is 21.4. The maximum atomic E-state index is 12.6. The van der Waals surface area contributed by atoms with E-state index in [1.807, 2.05) is 0 Å². The summed E-state index contributed by atoms with van der Waals surface area (Å²) in [7, 11) is -4.58. The number of carbonyl (C=O) groups excluding carboxylic acids is 2. The van der Waals surface area contributed by atoms with Gasteiger partial charge in [-0.2, -0.15) is 0 Å². The highest BCUT2D eigenvalue weighted by atomic mass is 31.2. The van der Waals surface area contributed by atoms with Crippen LogP contribution in [0, 0.1) is 0 Å². The van der Waals surface area contributed by atoms with Crippen LogP contribution in [0.3, 0.4) is 0 Å². The standard InChI is InChI=1S/C42H80NO8P/c1-3-5-7-9-11-13-15-17-19-21-23-25-27-29-31-33-35-42(45)51-40(39-50-52(46,47)49-37-36-43)38-48-41(44)34-32-30-28-26-24-22-20-18-16-14-12-10-8-6-4-2/h13,15,19,21,40H,3-12,14,16-18,20,22-39,43H2,1-2H3,(H,46,47)/b15-13-,21-19-. The minimum absolute atomic E-state index is 0.105. The van der Waals surface area contributed by atoms with Gasteiger partial charge < -0.3 is 29.1 Å². The Hall–Kier alpha value is -1.51. The van der Waals surface area contributed by atoms with Crippen LogP contribution in [0.4, 0.5) is 0 Å². The van der Waals surface area contributed by atoms with Gasteiger partial charge in [-0.05, 0) is 44.9 Å². The fourth-order valence-electron chi connectivity index (χ4n) is 5.91. The number of allylic oxidation sites excluding steroid dienone is 4. The molecule has 0 aromatic heterocycles. The molecule has 0 saturated carbocycles. The predicted molar refractivity (Wildman–Crippen MR) is 212 cm³/mol. The van der Waals surface area contributed by atoms with E-state index in [1.165, 1.54) is 109 Å². The summed E-state index contributed by atoms with van der Waals surface area (Å²) in [5.74, 6) is -0.855. The molecule has 0 amide bonds. The van der Waals surface area contributed by atoms with E-state index in [4.69, 9.17) is 18.5 Å². The second kappa shape index (κ2) is 39.2. The Kier molecular flexibility index (Phi) is 38.1. The van der Waals surface area contributed by atoms with E-state index < -0.39 is 32.5 Å². The molecule has 0 heterocycles. The van der Waals surface area contributed by atoms with E-state index in [9.17, 15) is 19.0 Å². The van der Waals surface area contributed by atoms with Crippen LogP contribution in [-0.2, 0) is 32.7 Å². The van der Waals surface area contributed by atoms with Crippen LogP contribution < -0.4 is 10.6 Å². The highest BCUT2D eigenvalue weighted by Gasteiger charge is 2.21. The molecule has 2 unspecified atom stereocenters. The lowest BCUT2D eigenvalue weighted by atomic mass is 10.0. The van der Waals surface area contributed by atoms with Crippen molar-refractivity contribution in [2.45, 2.75) is 206 Å². The Labute approximate surface area is 319 Å². The number of phosphoric acid groups is 1. The average molecular weight is 758 g/mol. The highest BCUT2D eigenvalue weighted by Crippen LogP contribution is 2.38. The van der Waals surface area contributed by atoms with Crippen molar-refractivity contribution in [3.05, 3.63) is 24.3 Å². The first-order valence-corrected chi connectivity index (χ1v) is 22.8. The monoisotopic (exact) mass is 758 g/mol. The smallest absolute Gasteiger partial charge is 0.306 e. The summed E-state index contributed by atoms with van der Waals surface area (Å²) >= 11 is 0. The summed E-state index contributed by atoms with van der Waals surface area (Å²) in [6.07, 6.45) is 40.5. The maximum absolute atomic E-state index is 12.6. The third-order valence-corrected chi connectivity index (χ3v) is 10.1. The number of carbonyl (C=O) groups is 2. The Bertz CT molecular complexity index is 912. The number of phosphoric ester groups is 1. The predicted octanol–water partition coefficient (Wildman–Crippen LogP) is 10.6. The Morgan fingerprint density at radius 3 is 1.48 bits per heavy atom. The lowest BCUT2D eigenvalue weighted by Crippen LogP contribution is -2.52. The van der Waals surface area contributed by atoms with Crippen molar-refractivity contribution in [2.24, 2.45) is 0 Å². The number of rotatable bonds is 40. The lowest BCUT2D eigenvalue weighted by Gasteiger charge is -2.25. The fraction of sp³-hybridized carbons (Fsp3) is 0.857. The molecule has 0 bridgehead atoms. The molecule has 0 saturated heterocycles. The van der Waals surface area contributed by atoms with Crippen molar-refractivity contribution in [1.29, 1.82) is 0 Å². The van der Waals surface area contributed by atoms with E-state index in [1.54, 1.807) is 0 Å². The summed E-state index contributed by atoms with van der Waals surface area (Å²) in [5, 5.41) is 0. The minimum atomic E-state index is -4.58. The molecule has 306 valence electrons. The number of unbranched alkanes of at least 4 members (excludes halogenated alkanes) is 23. The van der Waals surface area contributed by atoms with Gasteiger partial charge >= 0.3 is 11.9 Å². The maximum Gasteiger partial charge on any atom is 0.306 e. The van der Waals surface area contributed by atoms with Gasteiger partial charge in [0.15, 0.2) is 6.10 Å². The van der Waals surface area contributed by atoms with Gasteiger partial charge in [0.2, 0.25) is 0 Å². The molecule has 0 radical (unpaired) electrons. The molecule has 0 aromatic carbocycles. The second-order valence-corrected chi connectivity index (χ2v) is 15.7. The van der Waals surface area contributed by atoms with Crippen LogP contribution in [0.1, 0.15) is 200 Å². The van der Waals surface area contributed by atoms with Gasteiger partial charge in [-0.25, -0.2) is 0 Å². The van der Waals surface area contributed by atoms with Crippen molar-refractivity contribution < 1.29 is 43.3 Å². The molecule has 9 nitrogen and oxygen atoms in total. The average Bonchev–Trinajstić information content (AvgIpc) is 3.13. The largest absolute Gasteiger partial charge is 0.756 e. The van der Waals surface area contributed by atoms with Crippen LogP contribution in [0.15, 0.2) is 24.3 Å². The Morgan fingerprint density at radius 1 is 0.577 bits per heavy atom. The van der Waals surface area contributed by atoms with Gasteiger partial charge in [-0.1, -0.05) is 167 Å². The normalized spacial score (nSPS) is 13.5. The van der Waals surface area contributed by atoms with E-state index >= 15 is 0 Å². The Morgan fingerprint density at radius 2 is 1.00 bits per heavy atom. The summed E-state index contributed by atoms with van der Waals surface area (Å²) in [6.45, 7) is 3.91. The first kappa shape index (κ1) is 50.5. The number of hydrogen-bond acceptors (Lipinski definition) is 8. The second-order valence-electron chi connectivity index (χ2n) is 14.3. The zero-order valence-corrected chi connectivity index (χ0v) is 34.5. The number of ether oxygens (including phenoxy) is 2. The van der Waals surface area contributed by atoms with Crippen molar-refractivity contribution in [3.63, 3.8) is 0 Å². The molecule has 0 aliphatic heterocycles. The topological polar surface area (TPSA) is 139 Å². The molecular weight excluding hydrogens is 677 g/mol. The van der Waals surface area contributed by atoms with Crippen LogP contribution >= 0.6 is 7.82 Å². The van der Waals surface area contributed by atoms with E-state index in [0.717, 1.165) is 57.8 Å². The van der Waals surface area contributed by atoms with E-state index in [2.05, 4.69) is 43.9 Å². The molecule has 0 aromatic rings. The molecule has 0 fully saturated rings. The molecular formula is C42H80NO8P. The highest BCUT2D eigenvalue weighted by molar-refractivity contribution is 7.45. The molecule has 2 atom stereocenters. The van der Waals surface area contributed by atoms with Crippen LogP contribution in [-0.4, -0.2) is 44.4 Å². The molecule has 52 heavy (non-hydrogen) atoms. The SMILES string of the molecule is CCCCCC/C=C\C/C=C\CCCCCCCC(=O)OC(COC(=O)CCCCCCCCCCCCCCCCC)COP(=O)([O-])OCC[NH3+]. The van der Waals surface area contributed by atoms with E-state index in [-0.39, 0.29) is 32.6 Å². The molecule has 0 spiro atoms. The van der Waals surface area contributed by atoms with Gasteiger partial charge in [-0.3, -0.25) is 14.2 Å². The van der Waals surface area contributed by atoms with Gasteiger partial charge in [0, 0.05) is 12.8 Å². The third-order valence-electron chi connectivity index (χ3n) is 9.11. The van der Waals surface area contributed by atoms with Crippen molar-refractivity contribution in [2.75, 3.05) is 26.4 Å². The minimum Gasteiger partial charge on any atom is -0.756 e. The number of esters is 2. The molecule has 10 heteroatoms. The molecule has 3 N–H and O–H groups in total. The first-order chi connectivity index (χ1) is 25.3. The van der Waals surface area contributed by atoms with Crippen molar-refractivity contribution >= 4 is 19.8 Å². The number of hydrogen-bond donors (Lipinski definition) is 1. The van der Waals surface area contributed by atoms with E-state index in [0.29, 0.717) is 6.42 Å². The van der Waals surface area contributed by atoms with Crippen molar-refractivity contribution in [3.8, 4) is 0 Å².